The van der Waals surface area contributed by atoms with E-state index in [2.05, 4.69) is 4.98 Å². The number of nitrogens with two attached hydrogens (primary N) is 1. The number of benzene rings is 2. The number of nitrogens with zero attached hydrogens (tertiary/aromatic N) is 1. The first-order chi connectivity index (χ1) is 8.65. The van der Waals surface area contributed by atoms with Crippen molar-refractivity contribution < 1.29 is 4.79 Å². The second-order valence-corrected chi connectivity index (χ2v) is 4.51. The number of pyridine rings is 1. The van der Waals surface area contributed by atoms with Crippen molar-refractivity contribution in [3.8, 4) is 0 Å². The molecule has 0 aliphatic carbocycles. The molecule has 0 fully saturated rings. The number of rotatable bonds is 1. The second-order valence-electron chi connectivity index (χ2n) is 4.07. The third kappa shape index (κ3) is 1.69. The van der Waals surface area contributed by atoms with Crippen molar-refractivity contribution in [2.24, 2.45) is 5.73 Å². The minimum absolute atomic E-state index is 0.350. The fourth-order valence-electron chi connectivity index (χ4n) is 2.04. The minimum Gasteiger partial charge on any atom is -0.366 e. The van der Waals surface area contributed by atoms with Gasteiger partial charge in [-0.15, -0.1) is 0 Å². The number of carbonyl (C=O) groups excluding carboxylic acids is 1. The van der Waals surface area contributed by atoms with Crippen molar-refractivity contribution in [3.05, 3.63) is 53.1 Å². The van der Waals surface area contributed by atoms with Gasteiger partial charge in [-0.1, -0.05) is 29.8 Å². The monoisotopic (exact) mass is 256 g/mol. The Hall–Kier alpha value is -2.13. The number of fused-ring (bicyclic) bond motifs is 2. The molecule has 4 heteroatoms. The molecule has 0 unspecified atom stereocenters. The predicted molar refractivity (Wildman–Crippen MR) is 72.8 cm³/mol. The summed E-state index contributed by atoms with van der Waals surface area (Å²) in [7, 11) is 0. The highest BCUT2D eigenvalue weighted by Crippen LogP contribution is 2.25. The largest absolute Gasteiger partial charge is 0.366 e. The van der Waals surface area contributed by atoms with Crippen LogP contribution < -0.4 is 5.73 Å². The van der Waals surface area contributed by atoms with Crippen LogP contribution in [0.3, 0.4) is 0 Å². The molecule has 0 saturated carbocycles. The molecule has 0 spiro atoms. The molecule has 0 saturated heterocycles. The third-order valence-corrected chi connectivity index (χ3v) is 3.07. The molecule has 1 aromatic heterocycles. The Bertz CT molecular complexity index is 783. The van der Waals surface area contributed by atoms with Crippen LogP contribution in [0.2, 0.25) is 5.02 Å². The molecule has 3 nitrogen and oxygen atoms in total. The highest BCUT2D eigenvalue weighted by atomic mass is 35.5. The van der Waals surface area contributed by atoms with Crippen LogP contribution in [0.4, 0.5) is 0 Å². The Balaban J connectivity index is 2.49. The SMILES string of the molecule is NC(=O)c1cc(Cl)cc2cc3ccccc3nc12. The Morgan fingerprint density at radius 1 is 1.11 bits per heavy atom. The molecule has 2 N–H and O–H groups in total. The Morgan fingerprint density at radius 2 is 1.89 bits per heavy atom. The van der Waals surface area contributed by atoms with Gasteiger partial charge < -0.3 is 5.73 Å². The summed E-state index contributed by atoms with van der Waals surface area (Å²) in [5.74, 6) is -0.523. The van der Waals surface area contributed by atoms with E-state index in [0.717, 1.165) is 16.3 Å². The van der Waals surface area contributed by atoms with Gasteiger partial charge in [-0.3, -0.25) is 4.79 Å². The normalized spacial score (nSPS) is 10.9. The van der Waals surface area contributed by atoms with E-state index in [1.54, 1.807) is 12.1 Å². The maximum Gasteiger partial charge on any atom is 0.250 e. The summed E-state index contributed by atoms with van der Waals surface area (Å²) < 4.78 is 0. The first-order valence-corrected chi connectivity index (χ1v) is 5.82. The molecule has 2 aromatic carbocycles. The molecule has 0 aliphatic heterocycles. The molecule has 0 bridgehead atoms. The minimum atomic E-state index is -0.523. The molecule has 3 rings (SSSR count). The Kier molecular flexibility index (Phi) is 2.42. The Morgan fingerprint density at radius 3 is 2.67 bits per heavy atom. The summed E-state index contributed by atoms with van der Waals surface area (Å²) in [5.41, 5.74) is 7.12. The molecule has 18 heavy (non-hydrogen) atoms. The average Bonchev–Trinajstić information content (AvgIpc) is 2.35. The van der Waals surface area contributed by atoms with Crippen LogP contribution in [-0.4, -0.2) is 10.9 Å². The van der Waals surface area contributed by atoms with Gasteiger partial charge in [-0.05, 0) is 24.3 Å². The van der Waals surface area contributed by atoms with E-state index in [9.17, 15) is 4.79 Å². The summed E-state index contributed by atoms with van der Waals surface area (Å²) in [6.45, 7) is 0. The predicted octanol–water partition coefficient (Wildman–Crippen LogP) is 3.14. The number of para-hydroxylation sites is 1. The van der Waals surface area contributed by atoms with Crippen molar-refractivity contribution in [2.45, 2.75) is 0 Å². The van der Waals surface area contributed by atoms with Crippen LogP contribution in [0.25, 0.3) is 21.8 Å². The van der Waals surface area contributed by atoms with Gasteiger partial charge in [0, 0.05) is 15.8 Å². The molecule has 3 aromatic rings. The lowest BCUT2D eigenvalue weighted by molar-refractivity contribution is 0.100. The van der Waals surface area contributed by atoms with E-state index < -0.39 is 5.91 Å². The second kappa shape index (κ2) is 3.96. The lowest BCUT2D eigenvalue weighted by Gasteiger charge is -2.06. The van der Waals surface area contributed by atoms with Crippen LogP contribution in [0, 0.1) is 0 Å². The molecule has 0 radical (unpaired) electrons. The fourth-order valence-corrected chi connectivity index (χ4v) is 2.27. The quantitative estimate of drug-likeness (QED) is 0.680. The highest BCUT2D eigenvalue weighted by Gasteiger charge is 2.10. The van der Waals surface area contributed by atoms with Gasteiger partial charge in [-0.2, -0.15) is 0 Å². The van der Waals surface area contributed by atoms with E-state index in [1.807, 2.05) is 30.3 Å². The summed E-state index contributed by atoms with van der Waals surface area (Å²) in [6.07, 6.45) is 0. The van der Waals surface area contributed by atoms with Crippen molar-refractivity contribution in [3.63, 3.8) is 0 Å². The molecule has 1 heterocycles. The molecule has 88 valence electrons. The number of hydrogen-bond donors (Lipinski definition) is 1. The number of amides is 1. The number of carbonyl (C=O) groups is 1. The molecule has 0 aliphatic rings. The topological polar surface area (TPSA) is 56.0 Å². The highest BCUT2D eigenvalue weighted by molar-refractivity contribution is 6.32. The van der Waals surface area contributed by atoms with Crippen LogP contribution >= 0.6 is 11.6 Å². The maximum absolute atomic E-state index is 11.4. The number of hydrogen-bond acceptors (Lipinski definition) is 2. The third-order valence-electron chi connectivity index (χ3n) is 2.85. The van der Waals surface area contributed by atoms with E-state index in [0.29, 0.717) is 16.1 Å². The summed E-state index contributed by atoms with van der Waals surface area (Å²) >= 11 is 5.98. The van der Waals surface area contributed by atoms with Gasteiger partial charge >= 0.3 is 0 Å². The number of halogens is 1. The van der Waals surface area contributed by atoms with Crippen LogP contribution in [-0.2, 0) is 0 Å². The zero-order valence-electron chi connectivity index (χ0n) is 9.35. The fraction of sp³-hybridized carbons (Fsp3) is 0. The van der Waals surface area contributed by atoms with Crippen LogP contribution in [0.5, 0.6) is 0 Å². The summed E-state index contributed by atoms with van der Waals surface area (Å²) in [4.78, 5) is 15.9. The standard InChI is InChI=1S/C14H9ClN2O/c15-10-6-9-5-8-3-1-2-4-12(8)17-13(9)11(7-10)14(16)18/h1-7H,(H2,16,18). The average molecular weight is 257 g/mol. The van der Waals surface area contributed by atoms with Gasteiger partial charge in [0.1, 0.15) is 0 Å². The zero-order valence-corrected chi connectivity index (χ0v) is 10.1. The van der Waals surface area contributed by atoms with E-state index in [-0.39, 0.29) is 0 Å². The first-order valence-electron chi connectivity index (χ1n) is 5.44. The molecular formula is C14H9ClN2O. The van der Waals surface area contributed by atoms with Gasteiger partial charge in [0.15, 0.2) is 0 Å². The van der Waals surface area contributed by atoms with Crippen molar-refractivity contribution in [2.75, 3.05) is 0 Å². The van der Waals surface area contributed by atoms with Crippen LogP contribution in [0.15, 0.2) is 42.5 Å². The smallest absolute Gasteiger partial charge is 0.250 e. The van der Waals surface area contributed by atoms with E-state index in [1.165, 1.54) is 0 Å². The van der Waals surface area contributed by atoms with Crippen LogP contribution in [0.1, 0.15) is 10.4 Å². The maximum atomic E-state index is 11.4. The van der Waals surface area contributed by atoms with E-state index >= 15 is 0 Å². The molecular weight excluding hydrogens is 248 g/mol. The molecule has 1 amide bonds. The van der Waals surface area contributed by atoms with Crippen molar-refractivity contribution in [1.82, 2.24) is 4.98 Å². The van der Waals surface area contributed by atoms with Gasteiger partial charge in [0.2, 0.25) is 0 Å². The zero-order chi connectivity index (χ0) is 12.7. The Labute approximate surface area is 108 Å². The lowest BCUT2D eigenvalue weighted by Crippen LogP contribution is -2.12. The lowest BCUT2D eigenvalue weighted by atomic mass is 10.1. The number of primary amides is 1. The van der Waals surface area contributed by atoms with Gasteiger partial charge in [-0.25, -0.2) is 4.98 Å². The number of aromatic nitrogens is 1. The van der Waals surface area contributed by atoms with E-state index in [4.69, 9.17) is 17.3 Å². The van der Waals surface area contributed by atoms with Crippen molar-refractivity contribution >= 4 is 39.3 Å². The van der Waals surface area contributed by atoms with Gasteiger partial charge in [0.25, 0.3) is 5.91 Å². The first kappa shape index (κ1) is 11.0. The summed E-state index contributed by atoms with van der Waals surface area (Å²) in [5, 5.41) is 2.30. The van der Waals surface area contributed by atoms with Gasteiger partial charge in [0.05, 0.1) is 16.6 Å². The van der Waals surface area contributed by atoms with Crippen molar-refractivity contribution in [1.29, 1.82) is 0 Å². The summed E-state index contributed by atoms with van der Waals surface area (Å²) in [6, 6.07) is 13.0. The molecule has 0 atom stereocenters.